The number of sulfonamides is 1. The molecule has 0 spiro atoms. The number of rotatable bonds is 6. The molecule has 0 saturated heterocycles. The van der Waals surface area contributed by atoms with Crippen molar-refractivity contribution in [3.63, 3.8) is 0 Å². The molecule has 0 aliphatic heterocycles. The van der Waals surface area contributed by atoms with E-state index in [9.17, 15) is 8.42 Å². The number of aromatic nitrogens is 3. The Bertz CT molecular complexity index is 1110. The molecule has 1 N–H and O–H groups in total. The average Bonchev–Trinajstić information content (AvgIpc) is 3.00. The van der Waals surface area contributed by atoms with Gasteiger partial charge in [-0.3, -0.25) is 4.72 Å². The Morgan fingerprint density at radius 2 is 1.92 bits per heavy atom. The largest absolute Gasteiger partial charge is 0.280 e. The maximum atomic E-state index is 12.3. The molecule has 132 valence electrons. The summed E-state index contributed by atoms with van der Waals surface area (Å²) in [6.07, 6.45) is 5.90. The van der Waals surface area contributed by atoms with E-state index < -0.39 is 10.0 Å². The summed E-state index contributed by atoms with van der Waals surface area (Å²) < 4.78 is 28.9. The van der Waals surface area contributed by atoms with Crippen LogP contribution in [0.2, 0.25) is 0 Å². The van der Waals surface area contributed by atoms with E-state index in [4.69, 9.17) is 0 Å². The minimum Gasteiger partial charge on any atom is -0.280 e. The third-order valence-corrected chi connectivity index (χ3v) is 5.14. The number of anilines is 1. The molecule has 0 atom stereocenters. The number of nitrogens with one attached hydrogen (secondary N) is 1. The number of aryl methyl sites for hydroxylation is 1. The van der Waals surface area contributed by atoms with Crippen LogP contribution >= 0.6 is 0 Å². The van der Waals surface area contributed by atoms with Crippen LogP contribution in [0.3, 0.4) is 0 Å². The second-order valence-electron chi connectivity index (χ2n) is 5.54. The van der Waals surface area contributed by atoms with Crippen LogP contribution in [0.25, 0.3) is 16.8 Å². The molecule has 0 radical (unpaired) electrons. The van der Waals surface area contributed by atoms with Crippen molar-refractivity contribution in [3.05, 3.63) is 84.7 Å². The van der Waals surface area contributed by atoms with Crippen molar-refractivity contribution in [2.24, 2.45) is 0 Å². The van der Waals surface area contributed by atoms with E-state index in [0.29, 0.717) is 11.5 Å². The zero-order chi connectivity index (χ0) is 18.7. The number of fused-ring (bicyclic) bond motifs is 1. The summed E-state index contributed by atoms with van der Waals surface area (Å²) in [4.78, 5) is 4.49. The summed E-state index contributed by atoms with van der Waals surface area (Å²) in [5, 5.41) is 4.30. The third kappa shape index (κ3) is 3.43. The Hall–Kier alpha value is -3.19. The number of benzene rings is 1. The third-order valence-electron chi connectivity index (χ3n) is 3.71. The number of hydrogen-bond acceptors (Lipinski definition) is 4. The smallest absolute Gasteiger partial charge is 0.261 e. The van der Waals surface area contributed by atoms with Gasteiger partial charge in [-0.25, -0.2) is 17.9 Å². The van der Waals surface area contributed by atoms with Crippen molar-refractivity contribution in [3.8, 4) is 11.1 Å². The minimum absolute atomic E-state index is 0.0558. The molecule has 2 heterocycles. The van der Waals surface area contributed by atoms with Crippen LogP contribution in [0.4, 0.5) is 5.69 Å². The van der Waals surface area contributed by atoms with Gasteiger partial charge in [-0.2, -0.15) is 5.10 Å². The highest BCUT2D eigenvalue weighted by Gasteiger charge is 2.14. The zero-order valence-corrected chi connectivity index (χ0v) is 15.1. The highest BCUT2D eigenvalue weighted by Crippen LogP contribution is 2.25. The summed E-state index contributed by atoms with van der Waals surface area (Å²) in [7, 11) is -3.70. The molecule has 1 aromatic carbocycles. The van der Waals surface area contributed by atoms with E-state index >= 15 is 0 Å². The molecule has 0 saturated carbocycles. The van der Waals surface area contributed by atoms with Crippen LogP contribution in [0, 0.1) is 6.92 Å². The molecule has 0 aliphatic carbocycles. The van der Waals surface area contributed by atoms with E-state index in [1.54, 1.807) is 16.6 Å². The van der Waals surface area contributed by atoms with Gasteiger partial charge in [0.2, 0.25) is 0 Å². The molecule has 7 heteroatoms. The standard InChI is InChI=1S/C19H18N4O2S/c1-4-7-17(5-2)26(24,25)22-16-11-9-15(10-12-16)18-8-6-13-23-19(18)20-14(3)21-23/h4-13,22H,1-2H2,3H3. The Balaban J connectivity index is 1.92. The molecule has 6 nitrogen and oxygen atoms in total. The van der Waals surface area contributed by atoms with Gasteiger partial charge in [0.15, 0.2) is 5.65 Å². The minimum atomic E-state index is -3.70. The maximum Gasteiger partial charge on any atom is 0.261 e. The SMILES string of the molecule is C=CC=C(C=C)S(=O)(=O)Nc1ccc(-c2cccn3nc(C)nc23)cc1. The molecular weight excluding hydrogens is 348 g/mol. The first-order valence-corrected chi connectivity index (χ1v) is 9.33. The Kier molecular flexibility index (Phi) is 4.73. The predicted molar refractivity (Wildman–Crippen MR) is 104 cm³/mol. The van der Waals surface area contributed by atoms with Crippen LogP contribution in [0.5, 0.6) is 0 Å². The molecule has 3 aromatic rings. The summed E-state index contributed by atoms with van der Waals surface area (Å²) in [5.41, 5.74) is 3.04. The summed E-state index contributed by atoms with van der Waals surface area (Å²) >= 11 is 0. The van der Waals surface area contributed by atoms with Crippen molar-refractivity contribution in [2.75, 3.05) is 4.72 Å². The monoisotopic (exact) mass is 366 g/mol. The Morgan fingerprint density at radius 1 is 1.19 bits per heavy atom. The highest BCUT2D eigenvalue weighted by molar-refractivity contribution is 7.96. The molecule has 0 amide bonds. The van der Waals surface area contributed by atoms with Crippen molar-refractivity contribution >= 4 is 21.4 Å². The Morgan fingerprint density at radius 3 is 2.58 bits per heavy atom. The van der Waals surface area contributed by atoms with E-state index in [1.165, 1.54) is 18.2 Å². The molecular formula is C19H18N4O2S. The van der Waals surface area contributed by atoms with Gasteiger partial charge >= 0.3 is 0 Å². The van der Waals surface area contributed by atoms with Crippen LogP contribution in [0.15, 0.2) is 78.9 Å². The first-order valence-electron chi connectivity index (χ1n) is 7.85. The van der Waals surface area contributed by atoms with Gasteiger partial charge < -0.3 is 0 Å². The highest BCUT2D eigenvalue weighted by atomic mass is 32.2. The lowest BCUT2D eigenvalue weighted by Gasteiger charge is -2.09. The van der Waals surface area contributed by atoms with Gasteiger partial charge in [0, 0.05) is 17.4 Å². The second kappa shape index (κ2) is 6.97. The van der Waals surface area contributed by atoms with Crippen molar-refractivity contribution in [1.82, 2.24) is 14.6 Å². The van der Waals surface area contributed by atoms with Gasteiger partial charge in [-0.15, -0.1) is 0 Å². The van der Waals surface area contributed by atoms with Crippen LogP contribution < -0.4 is 4.72 Å². The van der Waals surface area contributed by atoms with E-state index in [0.717, 1.165) is 16.8 Å². The van der Waals surface area contributed by atoms with Gasteiger partial charge in [0.05, 0.1) is 4.91 Å². The topological polar surface area (TPSA) is 76.4 Å². The van der Waals surface area contributed by atoms with Gasteiger partial charge in [-0.05, 0) is 48.9 Å². The van der Waals surface area contributed by atoms with Gasteiger partial charge in [-0.1, -0.05) is 31.4 Å². The number of hydrogen-bond donors (Lipinski definition) is 1. The van der Waals surface area contributed by atoms with Crippen LogP contribution in [-0.2, 0) is 10.0 Å². The number of pyridine rings is 1. The maximum absolute atomic E-state index is 12.3. The Labute approximate surface area is 152 Å². The summed E-state index contributed by atoms with van der Waals surface area (Å²) in [5.74, 6) is 0.688. The second-order valence-corrected chi connectivity index (χ2v) is 7.22. The van der Waals surface area contributed by atoms with Crippen molar-refractivity contribution in [2.45, 2.75) is 6.92 Å². The molecule has 3 rings (SSSR count). The lowest BCUT2D eigenvalue weighted by atomic mass is 10.1. The first-order chi connectivity index (χ1) is 12.4. The van der Waals surface area contributed by atoms with Gasteiger partial charge in [0.1, 0.15) is 5.82 Å². The summed E-state index contributed by atoms with van der Waals surface area (Å²) in [6, 6.07) is 10.9. The molecule has 0 fully saturated rings. The molecule has 0 unspecified atom stereocenters. The molecule has 0 bridgehead atoms. The fourth-order valence-corrected chi connectivity index (χ4v) is 3.61. The van der Waals surface area contributed by atoms with Crippen LogP contribution in [-0.4, -0.2) is 23.0 Å². The summed E-state index contributed by atoms with van der Waals surface area (Å²) in [6.45, 7) is 8.87. The lowest BCUT2D eigenvalue weighted by Crippen LogP contribution is -2.13. The molecule has 26 heavy (non-hydrogen) atoms. The van der Waals surface area contributed by atoms with E-state index in [-0.39, 0.29) is 4.91 Å². The quantitative estimate of drug-likeness (QED) is 0.675. The van der Waals surface area contributed by atoms with Gasteiger partial charge in [0.25, 0.3) is 10.0 Å². The van der Waals surface area contributed by atoms with E-state index in [2.05, 4.69) is 28.0 Å². The zero-order valence-electron chi connectivity index (χ0n) is 14.3. The molecule has 0 aliphatic rings. The number of nitrogens with zero attached hydrogens (tertiary/aromatic N) is 3. The molecule has 2 aromatic heterocycles. The van der Waals surface area contributed by atoms with Crippen LogP contribution in [0.1, 0.15) is 5.82 Å². The van der Waals surface area contributed by atoms with Crippen molar-refractivity contribution in [1.29, 1.82) is 0 Å². The average molecular weight is 366 g/mol. The first kappa shape index (κ1) is 17.6. The van der Waals surface area contributed by atoms with E-state index in [1.807, 2.05) is 37.4 Å². The fourth-order valence-electron chi connectivity index (χ4n) is 2.55. The van der Waals surface area contributed by atoms with Crippen molar-refractivity contribution < 1.29 is 8.42 Å². The normalized spacial score (nSPS) is 12.1. The predicted octanol–water partition coefficient (Wildman–Crippen LogP) is 3.70. The lowest BCUT2D eigenvalue weighted by molar-refractivity contribution is 0.608. The number of allylic oxidation sites excluding steroid dienone is 3. The fraction of sp³-hybridized carbons (Fsp3) is 0.0526.